The third-order valence-corrected chi connectivity index (χ3v) is 11.9. The van der Waals surface area contributed by atoms with E-state index in [0.29, 0.717) is 24.5 Å². The number of ether oxygens (including phenoxy) is 1. The highest BCUT2D eigenvalue weighted by molar-refractivity contribution is 5.96. The molecule has 0 N–H and O–H groups in total. The Morgan fingerprint density at radius 2 is 1.67 bits per heavy atom. The molecule has 0 radical (unpaired) electrons. The van der Waals surface area contributed by atoms with Gasteiger partial charge in [-0.2, -0.15) is 0 Å². The standard InChI is InChI=1S/C29H42O4/c1-25(2)11-13-29(24(32)33-6)14-12-28(5)23(20(29)17-25)21(31)16-22-26(3)9-8-19(30)15-18(26)7-10-27(22,28)4/h16,18,20,23H,7-15,17H2,1-6H3/t18-,20-,23-,26-,27+,28+,29-/m0/s1. The molecule has 0 unspecified atom stereocenters. The third kappa shape index (κ3) is 2.91. The Morgan fingerprint density at radius 3 is 2.36 bits per heavy atom. The molecule has 4 fully saturated rings. The fourth-order valence-corrected chi connectivity index (χ4v) is 9.52. The summed E-state index contributed by atoms with van der Waals surface area (Å²) in [5.74, 6) is 0.783. The molecular weight excluding hydrogens is 412 g/mol. The normalized spacial score (nSPS) is 48.5. The van der Waals surface area contributed by atoms with Crippen LogP contribution in [0.4, 0.5) is 0 Å². The van der Waals surface area contributed by atoms with Gasteiger partial charge in [0, 0.05) is 18.8 Å². The third-order valence-electron chi connectivity index (χ3n) is 11.9. The Morgan fingerprint density at radius 1 is 0.970 bits per heavy atom. The minimum absolute atomic E-state index is 0.0352. The van der Waals surface area contributed by atoms with Crippen LogP contribution >= 0.6 is 0 Å². The molecule has 0 spiro atoms. The highest BCUT2D eigenvalue weighted by atomic mass is 16.5. The number of allylic oxidation sites excluding steroid dienone is 2. The van der Waals surface area contributed by atoms with Crippen LogP contribution in [0.15, 0.2) is 11.6 Å². The quantitative estimate of drug-likeness (QED) is 0.451. The first-order valence-corrected chi connectivity index (χ1v) is 13.2. The molecule has 5 aliphatic rings. The van der Waals surface area contributed by atoms with Gasteiger partial charge in [-0.3, -0.25) is 14.4 Å². The SMILES string of the molecule is COC(=O)[C@]12CCC(C)(C)C[C@H]1[C@H]1C(=O)C=C3[C@@]4(C)CCC(=O)C[C@@H]4CC[C@@]3(C)[C@]1(C)CC2. The molecule has 5 aliphatic carbocycles. The van der Waals surface area contributed by atoms with Crippen LogP contribution in [0, 0.1) is 44.8 Å². The number of Topliss-reactive ketones (excluding diaryl/α,β-unsaturated/α-hetero) is 1. The molecule has 0 heterocycles. The van der Waals surface area contributed by atoms with Gasteiger partial charge < -0.3 is 4.74 Å². The van der Waals surface area contributed by atoms with Crippen molar-refractivity contribution in [3.8, 4) is 0 Å². The number of carbonyl (C=O) groups is 3. The van der Waals surface area contributed by atoms with Crippen LogP contribution in [0.25, 0.3) is 0 Å². The number of hydrogen-bond donors (Lipinski definition) is 0. The lowest BCUT2D eigenvalue weighted by Crippen LogP contribution is -2.65. The smallest absolute Gasteiger partial charge is 0.312 e. The molecule has 182 valence electrons. The van der Waals surface area contributed by atoms with Crippen molar-refractivity contribution < 1.29 is 19.1 Å². The van der Waals surface area contributed by atoms with E-state index in [9.17, 15) is 14.4 Å². The van der Waals surface area contributed by atoms with Gasteiger partial charge >= 0.3 is 5.97 Å². The van der Waals surface area contributed by atoms with Gasteiger partial charge in [0.2, 0.25) is 0 Å². The van der Waals surface area contributed by atoms with Gasteiger partial charge in [0.25, 0.3) is 0 Å². The summed E-state index contributed by atoms with van der Waals surface area (Å²) in [5, 5.41) is 0. The Labute approximate surface area is 199 Å². The first kappa shape index (κ1) is 23.3. The van der Waals surface area contributed by atoms with E-state index in [1.807, 2.05) is 6.08 Å². The van der Waals surface area contributed by atoms with E-state index in [4.69, 9.17) is 4.74 Å². The Kier molecular flexibility index (Phi) is 4.97. The van der Waals surface area contributed by atoms with E-state index >= 15 is 0 Å². The average Bonchev–Trinajstić information content (AvgIpc) is 2.75. The van der Waals surface area contributed by atoms with Crippen LogP contribution < -0.4 is 0 Å². The summed E-state index contributed by atoms with van der Waals surface area (Å²) in [6, 6.07) is 0. The highest BCUT2D eigenvalue weighted by Gasteiger charge is 2.70. The maximum atomic E-state index is 14.1. The van der Waals surface area contributed by atoms with Crippen molar-refractivity contribution in [1.29, 1.82) is 0 Å². The van der Waals surface area contributed by atoms with Crippen molar-refractivity contribution in [1.82, 2.24) is 0 Å². The van der Waals surface area contributed by atoms with E-state index in [1.54, 1.807) is 0 Å². The monoisotopic (exact) mass is 454 g/mol. The molecule has 5 rings (SSSR count). The lowest BCUT2D eigenvalue weighted by molar-refractivity contribution is -0.191. The Hall–Kier alpha value is -1.45. The van der Waals surface area contributed by atoms with Gasteiger partial charge in [-0.05, 0) is 90.9 Å². The van der Waals surface area contributed by atoms with Crippen molar-refractivity contribution in [2.24, 2.45) is 44.8 Å². The summed E-state index contributed by atoms with van der Waals surface area (Å²) >= 11 is 0. The average molecular weight is 455 g/mol. The first-order chi connectivity index (χ1) is 15.3. The largest absolute Gasteiger partial charge is 0.469 e. The fourth-order valence-electron chi connectivity index (χ4n) is 9.52. The van der Waals surface area contributed by atoms with Gasteiger partial charge in [-0.15, -0.1) is 0 Å². The molecule has 0 saturated heterocycles. The zero-order valence-corrected chi connectivity index (χ0v) is 21.5. The van der Waals surface area contributed by atoms with Crippen LogP contribution in [0.2, 0.25) is 0 Å². The second-order valence-electron chi connectivity index (χ2n) is 13.7. The van der Waals surface area contributed by atoms with E-state index in [0.717, 1.165) is 51.4 Å². The number of carbonyl (C=O) groups excluding carboxylic acids is 3. The van der Waals surface area contributed by atoms with Crippen LogP contribution in [0.3, 0.4) is 0 Å². The van der Waals surface area contributed by atoms with Crippen LogP contribution in [0.5, 0.6) is 0 Å². The molecule has 0 aromatic rings. The maximum absolute atomic E-state index is 14.1. The summed E-state index contributed by atoms with van der Waals surface area (Å²) in [4.78, 5) is 39.7. The van der Waals surface area contributed by atoms with Gasteiger partial charge in [-0.25, -0.2) is 0 Å². The minimum Gasteiger partial charge on any atom is -0.469 e. The van der Waals surface area contributed by atoms with Crippen LogP contribution in [-0.2, 0) is 19.1 Å². The van der Waals surface area contributed by atoms with E-state index in [1.165, 1.54) is 12.7 Å². The van der Waals surface area contributed by atoms with Gasteiger partial charge in [0.15, 0.2) is 5.78 Å². The summed E-state index contributed by atoms with van der Waals surface area (Å²) in [5.41, 5.74) is 0.625. The van der Waals surface area contributed by atoms with Gasteiger partial charge in [0.1, 0.15) is 5.78 Å². The number of esters is 1. The van der Waals surface area contributed by atoms with Crippen molar-refractivity contribution in [2.75, 3.05) is 7.11 Å². The van der Waals surface area contributed by atoms with Crippen molar-refractivity contribution in [2.45, 2.75) is 98.8 Å². The molecule has 0 bridgehead atoms. The molecule has 4 heteroatoms. The molecule has 0 aromatic heterocycles. The number of hydrogen-bond acceptors (Lipinski definition) is 4. The molecule has 33 heavy (non-hydrogen) atoms. The molecular formula is C29H42O4. The summed E-state index contributed by atoms with van der Waals surface area (Å²) in [6.07, 6.45) is 10.7. The number of methoxy groups -OCH3 is 1. The van der Waals surface area contributed by atoms with Crippen LogP contribution in [-0.4, -0.2) is 24.6 Å². The van der Waals surface area contributed by atoms with Crippen LogP contribution in [0.1, 0.15) is 98.8 Å². The molecule has 4 saturated carbocycles. The summed E-state index contributed by atoms with van der Waals surface area (Å²) < 4.78 is 5.40. The predicted octanol–water partition coefficient (Wildman–Crippen LogP) is 6.07. The Balaban J connectivity index is 1.64. The molecule has 0 aromatic carbocycles. The number of ketones is 2. The van der Waals surface area contributed by atoms with Crippen molar-refractivity contribution in [3.05, 3.63) is 11.6 Å². The first-order valence-electron chi connectivity index (χ1n) is 13.2. The zero-order valence-electron chi connectivity index (χ0n) is 21.5. The number of fused-ring (bicyclic) bond motifs is 7. The van der Waals surface area contributed by atoms with Gasteiger partial charge in [-0.1, -0.05) is 40.2 Å². The summed E-state index contributed by atoms with van der Waals surface area (Å²) in [7, 11) is 1.51. The summed E-state index contributed by atoms with van der Waals surface area (Å²) in [6.45, 7) is 11.7. The van der Waals surface area contributed by atoms with Gasteiger partial charge in [0.05, 0.1) is 12.5 Å². The van der Waals surface area contributed by atoms with Crippen molar-refractivity contribution >= 4 is 17.5 Å². The lowest BCUT2D eigenvalue weighted by atomic mass is 9.35. The molecule has 0 amide bonds. The molecule has 7 atom stereocenters. The van der Waals surface area contributed by atoms with Crippen molar-refractivity contribution in [3.63, 3.8) is 0 Å². The van der Waals surface area contributed by atoms with E-state index in [-0.39, 0.29) is 45.2 Å². The molecule has 0 aliphatic heterocycles. The highest BCUT2D eigenvalue weighted by Crippen LogP contribution is 2.73. The Bertz CT molecular complexity index is 945. The second kappa shape index (κ2) is 7.04. The minimum atomic E-state index is -0.524. The van der Waals surface area contributed by atoms with E-state index in [2.05, 4.69) is 34.6 Å². The zero-order chi connectivity index (χ0) is 24.0. The lowest BCUT2D eigenvalue weighted by Gasteiger charge is -2.68. The number of rotatable bonds is 1. The topological polar surface area (TPSA) is 60.4 Å². The van der Waals surface area contributed by atoms with E-state index < -0.39 is 5.41 Å². The maximum Gasteiger partial charge on any atom is 0.312 e. The fraction of sp³-hybridized carbons (Fsp3) is 0.828. The second-order valence-corrected chi connectivity index (χ2v) is 13.7. The predicted molar refractivity (Wildman–Crippen MR) is 127 cm³/mol. The molecule has 4 nitrogen and oxygen atoms in total.